The largest absolute Gasteiger partial charge is 0.322 e. The number of benzene rings is 11. The Bertz CT molecular complexity index is 4540. The van der Waals surface area contributed by atoms with Crippen molar-refractivity contribution < 1.29 is 0 Å². The van der Waals surface area contributed by atoms with Crippen LogP contribution in [0.4, 0.5) is 34.1 Å². The summed E-state index contributed by atoms with van der Waals surface area (Å²) in [4.78, 5) is 4.89. The average molecular weight is 1360 g/mol. The Balaban J connectivity index is 0.982. The SMILES string of the molecule is CCCCCCc1cc(-c2ccc(N(c3ccc(-c4ccc(C(C)(N)CC)cc4)cc3)c3ccc(-c4c(C)cc(CC(C)C)cc4C)cc3)cc2C)c(CCCCCC)cc1-c1ccc(N(c2ccc(-c3ccc(CC(C)C)cc3)cc2)c2ccc(-c3ccc(C(N)(CC)CC)cc3)cc2)cc1C. The molecule has 0 aromatic heterocycles. The summed E-state index contributed by atoms with van der Waals surface area (Å²) >= 11 is 0. The maximum absolute atomic E-state index is 6.87. The van der Waals surface area contributed by atoms with Gasteiger partial charge >= 0.3 is 0 Å². The van der Waals surface area contributed by atoms with Gasteiger partial charge in [0.25, 0.3) is 0 Å². The summed E-state index contributed by atoms with van der Waals surface area (Å²) in [5.74, 6) is 1.23. The minimum atomic E-state index is -0.362. The number of hydrogen-bond donors (Lipinski definition) is 2. The zero-order chi connectivity index (χ0) is 73.0. The van der Waals surface area contributed by atoms with Crippen LogP contribution < -0.4 is 21.3 Å². The van der Waals surface area contributed by atoms with E-state index in [1.807, 2.05) is 0 Å². The lowest BCUT2D eigenvalue weighted by molar-refractivity contribution is 0.413. The first-order valence-corrected chi connectivity index (χ1v) is 39.1. The van der Waals surface area contributed by atoms with Crippen LogP contribution in [0, 0.1) is 39.5 Å². The van der Waals surface area contributed by atoms with Gasteiger partial charge in [0.1, 0.15) is 0 Å². The van der Waals surface area contributed by atoms with Gasteiger partial charge < -0.3 is 21.3 Å². The molecule has 4 N–H and O–H groups in total. The first-order chi connectivity index (χ1) is 49.7. The van der Waals surface area contributed by atoms with E-state index in [0.717, 1.165) is 97.5 Å². The molecule has 11 aromatic carbocycles. The standard InChI is InChI=1S/C99H116N4/c1-15-20-22-24-26-83-67-96(94-59-57-92(65-71(94)11)103(89-50-38-80(39-51-89)77-32-44-85(45-33-77)98(14,100)17-3)90-54-42-82(43-55-90)97-72(12)62-75(61-69(8)9)63-73(97)13)84(27-25-23-21-16-2)66-95(83)93-58-56-91(64-70(93)10)102(87-48-36-79(37-49-87)76-30-28-74(29-31-76)60-68(6)7)88-52-40-81(41-53-88)78-34-46-86(47-35-78)99(101,18-4)19-5/h28-59,62-69H,15-27,60-61,100-101H2,1-14H3. The number of rotatable bonds is 31. The van der Waals surface area contributed by atoms with E-state index in [1.165, 1.54) is 155 Å². The lowest BCUT2D eigenvalue weighted by Crippen LogP contribution is -2.34. The Labute approximate surface area is 620 Å². The highest BCUT2D eigenvalue weighted by Crippen LogP contribution is 2.45. The smallest absolute Gasteiger partial charge is 0.0464 e. The molecule has 0 radical (unpaired) electrons. The van der Waals surface area contributed by atoms with E-state index in [0.29, 0.717) is 11.8 Å². The molecule has 4 heteroatoms. The van der Waals surface area contributed by atoms with E-state index in [-0.39, 0.29) is 11.1 Å². The van der Waals surface area contributed by atoms with Crippen molar-refractivity contribution in [1.29, 1.82) is 0 Å². The summed E-state index contributed by atoms with van der Waals surface area (Å²) in [5.41, 5.74) is 47.9. The molecule has 0 amide bonds. The van der Waals surface area contributed by atoms with Crippen LogP contribution in [-0.2, 0) is 36.8 Å². The van der Waals surface area contributed by atoms with Gasteiger partial charge in [-0.1, -0.05) is 259 Å². The van der Waals surface area contributed by atoms with Crippen LogP contribution in [-0.4, -0.2) is 0 Å². The van der Waals surface area contributed by atoms with Gasteiger partial charge in [-0.2, -0.15) is 0 Å². The van der Waals surface area contributed by atoms with Gasteiger partial charge in [-0.15, -0.1) is 0 Å². The monoisotopic (exact) mass is 1360 g/mol. The predicted molar refractivity (Wildman–Crippen MR) is 448 cm³/mol. The number of unbranched alkanes of at least 4 members (excludes halogenated alkanes) is 6. The molecule has 532 valence electrons. The molecule has 1 atom stereocenters. The lowest BCUT2D eigenvalue weighted by atomic mass is 9.84. The summed E-state index contributed by atoms with van der Waals surface area (Å²) in [5, 5.41) is 0. The molecular weight excluding hydrogens is 1250 g/mol. The van der Waals surface area contributed by atoms with Gasteiger partial charge in [-0.3, -0.25) is 0 Å². The van der Waals surface area contributed by atoms with Crippen molar-refractivity contribution in [2.45, 2.75) is 204 Å². The highest BCUT2D eigenvalue weighted by molar-refractivity contribution is 5.87. The lowest BCUT2D eigenvalue weighted by Gasteiger charge is -2.28. The normalized spacial score (nSPS) is 12.3. The number of aryl methyl sites for hydroxylation is 6. The third-order valence-corrected chi connectivity index (χ3v) is 22.1. The summed E-state index contributed by atoms with van der Waals surface area (Å²) in [6.45, 7) is 31.7. The highest BCUT2D eigenvalue weighted by Gasteiger charge is 2.25. The van der Waals surface area contributed by atoms with Crippen molar-refractivity contribution in [3.05, 3.63) is 286 Å². The topological polar surface area (TPSA) is 58.5 Å². The van der Waals surface area contributed by atoms with Crippen LogP contribution in [0.5, 0.6) is 0 Å². The molecule has 0 aliphatic rings. The van der Waals surface area contributed by atoms with Crippen LogP contribution in [0.1, 0.15) is 196 Å². The minimum Gasteiger partial charge on any atom is -0.322 e. The zero-order valence-corrected chi connectivity index (χ0v) is 64.7. The zero-order valence-electron chi connectivity index (χ0n) is 64.7. The number of nitrogens with zero attached hydrogens (tertiary/aromatic N) is 2. The molecule has 0 fully saturated rings. The Morgan fingerprint density at radius 3 is 0.981 bits per heavy atom. The summed E-state index contributed by atoms with van der Waals surface area (Å²) in [7, 11) is 0. The molecule has 0 saturated carbocycles. The fourth-order valence-corrected chi connectivity index (χ4v) is 15.7. The first-order valence-electron chi connectivity index (χ1n) is 39.1. The van der Waals surface area contributed by atoms with Crippen molar-refractivity contribution in [3.8, 4) is 66.8 Å². The van der Waals surface area contributed by atoms with E-state index in [9.17, 15) is 0 Å². The Morgan fingerprint density at radius 1 is 0.311 bits per heavy atom. The van der Waals surface area contributed by atoms with E-state index in [4.69, 9.17) is 11.5 Å². The third kappa shape index (κ3) is 17.8. The van der Waals surface area contributed by atoms with Crippen LogP contribution >= 0.6 is 0 Å². The van der Waals surface area contributed by atoms with Gasteiger partial charge in [0, 0.05) is 45.2 Å². The average Bonchev–Trinajstić information content (AvgIpc) is 0.768. The molecule has 11 aromatic rings. The third-order valence-electron chi connectivity index (χ3n) is 22.1. The van der Waals surface area contributed by atoms with Gasteiger partial charge in [-0.05, 0) is 299 Å². The molecule has 0 aliphatic heterocycles. The molecule has 0 saturated heterocycles. The maximum Gasteiger partial charge on any atom is 0.0464 e. The number of anilines is 6. The maximum atomic E-state index is 6.87. The molecule has 0 aliphatic carbocycles. The molecule has 0 heterocycles. The predicted octanol–water partition coefficient (Wildman–Crippen LogP) is 28.1. The molecule has 0 bridgehead atoms. The fourth-order valence-electron chi connectivity index (χ4n) is 15.7. The van der Waals surface area contributed by atoms with E-state index < -0.39 is 0 Å². The van der Waals surface area contributed by atoms with E-state index >= 15 is 0 Å². The van der Waals surface area contributed by atoms with Crippen LogP contribution in [0.25, 0.3) is 66.8 Å². The molecular formula is C99H116N4. The number of nitrogens with two attached hydrogens (primary N) is 2. The van der Waals surface area contributed by atoms with Crippen molar-refractivity contribution in [2.75, 3.05) is 9.80 Å². The first kappa shape index (κ1) is 75.1. The quantitative estimate of drug-likeness (QED) is 0.0425. The molecule has 103 heavy (non-hydrogen) atoms. The fraction of sp³-hybridized carbons (Fsp3) is 0.333. The molecule has 11 rings (SSSR count). The van der Waals surface area contributed by atoms with E-state index in [1.54, 1.807) is 0 Å². The summed E-state index contributed by atoms with van der Waals surface area (Å²) < 4.78 is 0. The Kier molecular flexibility index (Phi) is 24.8. The van der Waals surface area contributed by atoms with Crippen molar-refractivity contribution >= 4 is 34.1 Å². The number of hydrogen-bond acceptors (Lipinski definition) is 4. The van der Waals surface area contributed by atoms with Crippen LogP contribution in [0.15, 0.2) is 231 Å². The molecule has 1 unspecified atom stereocenters. The highest BCUT2D eigenvalue weighted by atomic mass is 15.1. The molecule has 0 spiro atoms. The van der Waals surface area contributed by atoms with E-state index in [2.05, 4.69) is 337 Å². The Morgan fingerprint density at radius 2 is 0.641 bits per heavy atom. The van der Waals surface area contributed by atoms with Crippen LogP contribution in [0.2, 0.25) is 0 Å². The second-order valence-corrected chi connectivity index (χ2v) is 30.9. The summed E-state index contributed by atoms with van der Waals surface area (Å²) in [6.07, 6.45) is 16.5. The summed E-state index contributed by atoms with van der Waals surface area (Å²) in [6, 6.07) is 88.2. The molecule has 4 nitrogen and oxygen atoms in total. The van der Waals surface area contributed by atoms with Gasteiger partial charge in [-0.25, -0.2) is 0 Å². The second-order valence-electron chi connectivity index (χ2n) is 30.9. The van der Waals surface area contributed by atoms with Crippen LogP contribution in [0.3, 0.4) is 0 Å². The second kappa shape index (κ2) is 34.0. The van der Waals surface area contributed by atoms with Crippen molar-refractivity contribution in [2.24, 2.45) is 23.3 Å². The van der Waals surface area contributed by atoms with Gasteiger partial charge in [0.05, 0.1) is 0 Å². The van der Waals surface area contributed by atoms with Crippen molar-refractivity contribution in [3.63, 3.8) is 0 Å². The van der Waals surface area contributed by atoms with Gasteiger partial charge in [0.2, 0.25) is 0 Å². The Hall–Kier alpha value is -9.06. The minimum absolute atomic E-state index is 0.319. The van der Waals surface area contributed by atoms with Crippen molar-refractivity contribution in [1.82, 2.24) is 0 Å². The van der Waals surface area contributed by atoms with Gasteiger partial charge in [0.15, 0.2) is 0 Å².